The molecule has 2 aromatic carbocycles. The van der Waals surface area contributed by atoms with Crippen LogP contribution in [-0.2, 0) is 10.3 Å². The molecule has 0 aromatic heterocycles. The zero-order valence-corrected chi connectivity index (χ0v) is 13.0. The van der Waals surface area contributed by atoms with Crippen LogP contribution in [0, 0.1) is 0 Å². The molecular formula is C18H20B2NO+. The summed E-state index contributed by atoms with van der Waals surface area (Å²) < 4.78 is 7.17. The van der Waals surface area contributed by atoms with Gasteiger partial charge >= 0.3 is 15.0 Å². The molecule has 2 fully saturated rings. The maximum atomic E-state index is 6.77. The highest BCUT2D eigenvalue weighted by molar-refractivity contribution is 6.47. The van der Waals surface area contributed by atoms with Gasteiger partial charge in [0.15, 0.2) is 5.60 Å². The van der Waals surface area contributed by atoms with Crippen molar-refractivity contribution in [2.75, 3.05) is 6.54 Å². The first-order valence-electron chi connectivity index (χ1n) is 8.13. The van der Waals surface area contributed by atoms with E-state index in [1.807, 2.05) is 0 Å². The third-order valence-electron chi connectivity index (χ3n) is 5.51. The van der Waals surface area contributed by atoms with Crippen LogP contribution in [0.25, 0.3) is 0 Å². The normalized spacial score (nSPS) is 29.5. The Bertz CT molecular complexity index is 624. The van der Waals surface area contributed by atoms with Crippen LogP contribution in [0.3, 0.4) is 0 Å². The largest absolute Gasteiger partial charge is 0.550 e. The highest BCUT2D eigenvalue weighted by Crippen LogP contribution is 2.51. The SMILES string of the molecule is [B][N+]12CCC[C@@H]1C(c1ccccc1)(c1ccccc1)OB2C. The first kappa shape index (κ1) is 14.1. The van der Waals surface area contributed by atoms with Gasteiger partial charge in [-0.3, -0.25) is 0 Å². The molecule has 2 nitrogen and oxygen atoms in total. The molecule has 2 saturated heterocycles. The van der Waals surface area contributed by atoms with E-state index in [0.29, 0.717) is 4.31 Å². The Morgan fingerprint density at radius 1 is 1.05 bits per heavy atom. The fourth-order valence-corrected chi connectivity index (χ4v) is 4.44. The Labute approximate surface area is 134 Å². The second-order valence-corrected chi connectivity index (χ2v) is 6.56. The first-order chi connectivity index (χ1) is 10.7. The second-order valence-electron chi connectivity index (χ2n) is 6.56. The maximum Gasteiger partial charge on any atom is 0.550 e. The van der Waals surface area contributed by atoms with Crippen LogP contribution in [0.5, 0.6) is 0 Å². The van der Waals surface area contributed by atoms with E-state index < -0.39 is 5.60 Å². The molecule has 2 aliphatic rings. The van der Waals surface area contributed by atoms with E-state index in [2.05, 4.69) is 67.5 Å². The van der Waals surface area contributed by atoms with Gasteiger partial charge in [0.1, 0.15) is 0 Å². The van der Waals surface area contributed by atoms with Crippen LogP contribution in [0.4, 0.5) is 0 Å². The molecule has 1 unspecified atom stereocenters. The summed E-state index contributed by atoms with van der Waals surface area (Å²) in [5, 5.41) is 0. The molecule has 2 atom stereocenters. The van der Waals surface area contributed by atoms with E-state index in [0.717, 1.165) is 19.4 Å². The van der Waals surface area contributed by atoms with E-state index in [-0.39, 0.29) is 13.1 Å². The summed E-state index contributed by atoms with van der Waals surface area (Å²) in [4.78, 5) is 0. The Morgan fingerprint density at radius 3 is 2.14 bits per heavy atom. The van der Waals surface area contributed by atoms with Gasteiger partial charge < -0.3 is 8.96 Å². The lowest BCUT2D eigenvalue weighted by atomic mass is 9.75. The van der Waals surface area contributed by atoms with Crippen LogP contribution in [0.15, 0.2) is 60.7 Å². The summed E-state index contributed by atoms with van der Waals surface area (Å²) in [7, 11) is 6.78. The van der Waals surface area contributed by atoms with Gasteiger partial charge in [-0.2, -0.15) is 0 Å². The van der Waals surface area contributed by atoms with Gasteiger partial charge in [0.25, 0.3) is 0 Å². The fourth-order valence-electron chi connectivity index (χ4n) is 4.44. The van der Waals surface area contributed by atoms with Gasteiger partial charge in [-0.1, -0.05) is 60.7 Å². The Balaban J connectivity index is 1.95. The summed E-state index contributed by atoms with van der Waals surface area (Å²) in [5.41, 5.74) is 1.99. The number of hydrogen-bond donors (Lipinski definition) is 0. The van der Waals surface area contributed by atoms with Gasteiger partial charge in [0.2, 0.25) is 0 Å². The third kappa shape index (κ3) is 1.77. The number of nitrogens with zero attached hydrogens (tertiary/aromatic N) is 1. The van der Waals surface area contributed by atoms with Gasteiger partial charge in [-0.25, -0.2) is 0 Å². The minimum atomic E-state index is -0.437. The van der Waals surface area contributed by atoms with Crippen molar-refractivity contribution < 1.29 is 8.96 Å². The maximum absolute atomic E-state index is 6.77. The molecule has 2 heterocycles. The Hall–Kier alpha value is -1.51. The molecule has 0 amide bonds. The number of fused-ring (bicyclic) bond motifs is 1. The molecular weight excluding hydrogens is 268 g/mol. The zero-order valence-electron chi connectivity index (χ0n) is 13.0. The van der Waals surface area contributed by atoms with Crippen molar-refractivity contribution in [1.82, 2.24) is 0 Å². The minimum absolute atomic E-state index is 0.00733. The van der Waals surface area contributed by atoms with Crippen LogP contribution in [0.2, 0.25) is 6.82 Å². The first-order valence-corrected chi connectivity index (χ1v) is 8.13. The average molecular weight is 288 g/mol. The zero-order chi connectivity index (χ0) is 15.2. The van der Waals surface area contributed by atoms with E-state index in [9.17, 15) is 0 Å². The summed E-state index contributed by atoms with van der Waals surface area (Å²) in [6, 6.07) is 21.4. The lowest BCUT2D eigenvalue weighted by Gasteiger charge is -2.39. The molecule has 0 bridgehead atoms. The molecule has 2 aliphatic heterocycles. The lowest BCUT2D eigenvalue weighted by molar-refractivity contribution is -0.716. The topological polar surface area (TPSA) is 9.23 Å². The molecule has 2 radical (unpaired) electrons. The van der Waals surface area contributed by atoms with Gasteiger partial charge in [0.05, 0.1) is 6.04 Å². The van der Waals surface area contributed by atoms with E-state index in [1.165, 1.54) is 11.1 Å². The predicted octanol–water partition coefficient (Wildman–Crippen LogP) is 3.14. The van der Waals surface area contributed by atoms with Crippen molar-refractivity contribution in [3.8, 4) is 0 Å². The van der Waals surface area contributed by atoms with Crippen molar-refractivity contribution in [3.05, 3.63) is 71.8 Å². The summed E-state index contributed by atoms with van der Waals surface area (Å²) in [5.74, 6) is 0. The average Bonchev–Trinajstić information content (AvgIpc) is 3.06. The smallest absolute Gasteiger partial charge is 0.437 e. The van der Waals surface area contributed by atoms with E-state index in [4.69, 9.17) is 12.6 Å². The Morgan fingerprint density at radius 2 is 1.59 bits per heavy atom. The van der Waals surface area contributed by atoms with Crippen LogP contribution >= 0.6 is 0 Å². The van der Waals surface area contributed by atoms with Crippen molar-refractivity contribution in [2.24, 2.45) is 0 Å². The number of quaternary nitrogens is 1. The summed E-state index contributed by atoms with van der Waals surface area (Å²) >= 11 is 0. The summed E-state index contributed by atoms with van der Waals surface area (Å²) in [6.45, 7) is 3.11. The van der Waals surface area contributed by atoms with Crippen molar-refractivity contribution in [2.45, 2.75) is 31.3 Å². The molecule has 4 heteroatoms. The standard InChI is InChI=1S/C18H20B2NO/c1-20-21(19)14-8-13-17(21)18(22-20,15-9-4-2-5-10-15)16-11-6-3-7-12-16/h2-7,9-12,17H,8,13-14H2,1H3/q+1/t17-,21?/m1/s1. The molecule has 0 N–H and O–H groups in total. The predicted molar refractivity (Wildman–Crippen MR) is 90.3 cm³/mol. The fraction of sp³-hybridized carbons (Fsp3) is 0.333. The minimum Gasteiger partial charge on any atom is -0.437 e. The van der Waals surface area contributed by atoms with Crippen molar-refractivity contribution >= 4 is 15.0 Å². The third-order valence-corrected chi connectivity index (χ3v) is 5.51. The van der Waals surface area contributed by atoms with E-state index in [1.54, 1.807) is 0 Å². The second kappa shape index (κ2) is 5.00. The molecule has 0 spiro atoms. The lowest BCUT2D eigenvalue weighted by Crippen LogP contribution is -2.55. The van der Waals surface area contributed by atoms with Crippen molar-refractivity contribution in [3.63, 3.8) is 0 Å². The number of rotatable bonds is 2. The van der Waals surface area contributed by atoms with Crippen molar-refractivity contribution in [1.29, 1.82) is 0 Å². The van der Waals surface area contributed by atoms with Gasteiger partial charge in [-0.15, -0.1) is 0 Å². The molecule has 0 saturated carbocycles. The number of hydrogen-bond acceptors (Lipinski definition) is 1. The highest BCUT2D eigenvalue weighted by atomic mass is 16.5. The van der Waals surface area contributed by atoms with Gasteiger partial charge in [-0.05, 0) is 17.5 Å². The van der Waals surface area contributed by atoms with Crippen LogP contribution in [0.1, 0.15) is 24.0 Å². The summed E-state index contributed by atoms with van der Waals surface area (Å²) in [6.07, 6.45) is 2.26. The number of benzene rings is 2. The molecule has 4 rings (SSSR count). The van der Waals surface area contributed by atoms with E-state index >= 15 is 0 Å². The molecule has 0 aliphatic carbocycles. The Kier molecular flexibility index (Phi) is 3.21. The highest BCUT2D eigenvalue weighted by Gasteiger charge is 2.65. The molecule has 108 valence electrons. The van der Waals surface area contributed by atoms with Crippen LogP contribution < -0.4 is 0 Å². The van der Waals surface area contributed by atoms with Crippen LogP contribution in [-0.4, -0.2) is 31.9 Å². The monoisotopic (exact) mass is 288 g/mol. The van der Waals surface area contributed by atoms with Gasteiger partial charge in [0, 0.05) is 19.8 Å². The quantitative estimate of drug-likeness (QED) is 0.771. The molecule has 2 aromatic rings. The molecule has 22 heavy (non-hydrogen) atoms.